The van der Waals surface area contributed by atoms with Crippen molar-refractivity contribution < 1.29 is 19.1 Å². The van der Waals surface area contributed by atoms with E-state index in [0.717, 1.165) is 0 Å². The topological polar surface area (TPSA) is 106 Å². The van der Waals surface area contributed by atoms with Crippen molar-refractivity contribution in [3.8, 4) is 0 Å². The normalized spacial score (nSPS) is 12.6. The Labute approximate surface area is 98.8 Å². The number of carboxylic acid groups (broad SMARTS) is 1. The molecule has 0 saturated carbocycles. The summed E-state index contributed by atoms with van der Waals surface area (Å²) in [7, 11) is 0. The van der Waals surface area contributed by atoms with Gasteiger partial charge in [-0.3, -0.25) is 4.79 Å². The van der Waals surface area contributed by atoms with Gasteiger partial charge in [0.2, 0.25) is 11.7 Å². The van der Waals surface area contributed by atoms with E-state index in [9.17, 15) is 9.59 Å². The molecular weight excluding hydrogens is 224 g/mol. The van der Waals surface area contributed by atoms with Crippen LogP contribution in [0.4, 0.5) is 0 Å². The summed E-state index contributed by atoms with van der Waals surface area (Å²) >= 11 is 0. The molecule has 6 nitrogen and oxygen atoms in total. The highest BCUT2D eigenvalue weighted by Crippen LogP contribution is 2.11. The van der Waals surface area contributed by atoms with Gasteiger partial charge in [0.15, 0.2) is 0 Å². The van der Waals surface area contributed by atoms with E-state index in [2.05, 4.69) is 5.32 Å². The van der Waals surface area contributed by atoms with E-state index in [4.69, 9.17) is 15.3 Å². The van der Waals surface area contributed by atoms with E-state index in [-0.39, 0.29) is 18.2 Å². The van der Waals surface area contributed by atoms with Crippen LogP contribution in [0, 0.1) is 5.92 Å². The number of hydrogen-bond acceptors (Lipinski definition) is 4. The molecular formula is C11H16N2O4. The summed E-state index contributed by atoms with van der Waals surface area (Å²) in [5.74, 6) is -1.68. The molecule has 17 heavy (non-hydrogen) atoms. The van der Waals surface area contributed by atoms with Gasteiger partial charge >= 0.3 is 5.97 Å². The number of nitrogens with two attached hydrogens (primary N) is 1. The fourth-order valence-corrected chi connectivity index (χ4v) is 1.55. The Bertz CT molecular complexity index is 411. The molecule has 1 heterocycles. The zero-order valence-electron chi connectivity index (χ0n) is 9.77. The molecule has 0 fully saturated rings. The first-order valence-electron chi connectivity index (χ1n) is 5.25. The smallest absolute Gasteiger partial charge is 0.372 e. The largest absolute Gasteiger partial charge is 0.475 e. The van der Waals surface area contributed by atoms with Crippen LogP contribution in [0.1, 0.15) is 30.0 Å². The molecule has 6 heteroatoms. The summed E-state index contributed by atoms with van der Waals surface area (Å²) in [4.78, 5) is 21.9. The molecule has 1 unspecified atom stereocenters. The Kier molecular flexibility index (Phi) is 4.28. The van der Waals surface area contributed by atoms with Crippen LogP contribution in [-0.4, -0.2) is 23.0 Å². The van der Waals surface area contributed by atoms with Crippen molar-refractivity contribution in [2.75, 3.05) is 0 Å². The second-order valence-corrected chi connectivity index (χ2v) is 4.09. The van der Waals surface area contributed by atoms with Crippen molar-refractivity contribution in [2.45, 2.75) is 26.4 Å². The molecule has 0 saturated heterocycles. The van der Waals surface area contributed by atoms with Gasteiger partial charge in [0, 0.05) is 12.1 Å². The van der Waals surface area contributed by atoms with Crippen LogP contribution in [-0.2, 0) is 11.3 Å². The molecule has 94 valence electrons. The van der Waals surface area contributed by atoms with Gasteiger partial charge in [-0.1, -0.05) is 13.8 Å². The van der Waals surface area contributed by atoms with Crippen molar-refractivity contribution in [1.82, 2.24) is 5.32 Å². The highest BCUT2D eigenvalue weighted by molar-refractivity contribution is 5.86. The number of carbonyl (C=O) groups is 2. The molecule has 1 aromatic heterocycles. The molecule has 0 aliphatic rings. The monoisotopic (exact) mass is 240 g/mol. The Hall–Kier alpha value is -1.82. The van der Waals surface area contributed by atoms with Crippen LogP contribution < -0.4 is 11.1 Å². The Morgan fingerprint density at radius 3 is 2.65 bits per heavy atom. The standard InChI is InChI=1S/C11H16N2O4/c1-6(2)8(10(12)14)13-5-7-3-4-17-9(7)11(15)16/h3-4,6,8,13H,5H2,1-2H3,(H2,12,14)(H,15,16). The van der Waals surface area contributed by atoms with Crippen LogP contribution >= 0.6 is 0 Å². The number of hydrogen-bond donors (Lipinski definition) is 3. The lowest BCUT2D eigenvalue weighted by Gasteiger charge is -2.18. The molecule has 1 aromatic rings. The van der Waals surface area contributed by atoms with Gasteiger partial charge in [0.05, 0.1) is 12.3 Å². The molecule has 0 spiro atoms. The lowest BCUT2D eigenvalue weighted by atomic mass is 10.0. The van der Waals surface area contributed by atoms with Crippen molar-refractivity contribution in [3.63, 3.8) is 0 Å². The summed E-state index contributed by atoms with van der Waals surface area (Å²) in [6.07, 6.45) is 1.30. The second-order valence-electron chi connectivity index (χ2n) is 4.09. The van der Waals surface area contributed by atoms with Crippen LogP contribution in [0.15, 0.2) is 16.7 Å². The fourth-order valence-electron chi connectivity index (χ4n) is 1.55. The van der Waals surface area contributed by atoms with Gasteiger partial charge in [0.1, 0.15) is 0 Å². The Balaban J connectivity index is 2.69. The number of amides is 1. The number of furan rings is 1. The summed E-state index contributed by atoms with van der Waals surface area (Å²) in [6, 6.07) is 1.06. The van der Waals surface area contributed by atoms with Crippen molar-refractivity contribution in [1.29, 1.82) is 0 Å². The minimum absolute atomic E-state index is 0.0349. The van der Waals surface area contributed by atoms with Crippen LogP contribution in [0.3, 0.4) is 0 Å². The predicted octanol–water partition coefficient (Wildman–Crippen LogP) is 0.577. The highest BCUT2D eigenvalue weighted by Gasteiger charge is 2.20. The summed E-state index contributed by atoms with van der Waals surface area (Å²) in [5, 5.41) is 11.7. The average molecular weight is 240 g/mol. The number of rotatable bonds is 6. The molecule has 1 atom stereocenters. The molecule has 1 rings (SSSR count). The zero-order valence-corrected chi connectivity index (χ0v) is 9.77. The van der Waals surface area contributed by atoms with Crippen molar-refractivity contribution in [2.24, 2.45) is 11.7 Å². The maximum atomic E-state index is 11.1. The molecule has 0 aliphatic carbocycles. The van der Waals surface area contributed by atoms with E-state index in [1.807, 2.05) is 13.8 Å². The van der Waals surface area contributed by atoms with Gasteiger partial charge in [-0.15, -0.1) is 0 Å². The van der Waals surface area contributed by atoms with Gasteiger partial charge in [0.25, 0.3) is 0 Å². The van der Waals surface area contributed by atoms with Crippen molar-refractivity contribution >= 4 is 11.9 Å². The first-order valence-corrected chi connectivity index (χ1v) is 5.25. The summed E-state index contributed by atoms with van der Waals surface area (Å²) in [6.45, 7) is 3.94. The van der Waals surface area contributed by atoms with E-state index in [1.54, 1.807) is 6.07 Å². The molecule has 0 aliphatic heterocycles. The summed E-state index contributed by atoms with van der Waals surface area (Å²) in [5.41, 5.74) is 5.72. The maximum absolute atomic E-state index is 11.1. The highest BCUT2D eigenvalue weighted by atomic mass is 16.4. The molecule has 0 bridgehead atoms. The lowest BCUT2D eigenvalue weighted by molar-refractivity contribution is -0.121. The quantitative estimate of drug-likeness (QED) is 0.674. The van der Waals surface area contributed by atoms with Gasteiger partial charge in [-0.25, -0.2) is 4.79 Å². The zero-order chi connectivity index (χ0) is 13.0. The number of carboxylic acids is 1. The lowest BCUT2D eigenvalue weighted by Crippen LogP contribution is -2.44. The molecule has 0 radical (unpaired) electrons. The number of nitrogens with one attached hydrogen (secondary N) is 1. The summed E-state index contributed by atoms with van der Waals surface area (Å²) < 4.78 is 4.82. The van der Waals surface area contributed by atoms with E-state index < -0.39 is 17.9 Å². The average Bonchev–Trinajstić information content (AvgIpc) is 2.64. The number of carbonyl (C=O) groups excluding carboxylic acids is 1. The third-order valence-corrected chi connectivity index (χ3v) is 2.43. The Morgan fingerprint density at radius 1 is 1.53 bits per heavy atom. The second kappa shape index (κ2) is 5.49. The Morgan fingerprint density at radius 2 is 2.18 bits per heavy atom. The van der Waals surface area contributed by atoms with E-state index >= 15 is 0 Å². The fraction of sp³-hybridized carbons (Fsp3) is 0.455. The predicted molar refractivity (Wildman–Crippen MR) is 60.3 cm³/mol. The van der Waals surface area contributed by atoms with Gasteiger partial charge in [-0.05, 0) is 12.0 Å². The van der Waals surface area contributed by atoms with Gasteiger partial charge in [-0.2, -0.15) is 0 Å². The third kappa shape index (κ3) is 3.32. The van der Waals surface area contributed by atoms with E-state index in [1.165, 1.54) is 6.26 Å². The number of aromatic carboxylic acids is 1. The first kappa shape index (κ1) is 13.2. The van der Waals surface area contributed by atoms with Crippen LogP contribution in [0.2, 0.25) is 0 Å². The molecule has 0 aromatic carbocycles. The molecule has 1 amide bonds. The third-order valence-electron chi connectivity index (χ3n) is 2.43. The minimum atomic E-state index is -1.13. The maximum Gasteiger partial charge on any atom is 0.372 e. The first-order chi connectivity index (χ1) is 7.93. The number of primary amides is 1. The SMILES string of the molecule is CC(C)C(NCc1ccoc1C(=O)O)C(N)=O. The van der Waals surface area contributed by atoms with Crippen LogP contribution in [0.25, 0.3) is 0 Å². The van der Waals surface area contributed by atoms with Crippen molar-refractivity contribution in [3.05, 3.63) is 23.7 Å². The van der Waals surface area contributed by atoms with Crippen LogP contribution in [0.5, 0.6) is 0 Å². The van der Waals surface area contributed by atoms with Gasteiger partial charge < -0.3 is 20.6 Å². The van der Waals surface area contributed by atoms with E-state index in [0.29, 0.717) is 5.56 Å². The minimum Gasteiger partial charge on any atom is -0.475 e. The molecule has 4 N–H and O–H groups in total.